The quantitative estimate of drug-likeness (QED) is 0.701. The first kappa shape index (κ1) is 13.3. The van der Waals surface area contributed by atoms with Gasteiger partial charge in [0.05, 0.1) is 11.5 Å². The van der Waals surface area contributed by atoms with Crippen molar-refractivity contribution in [1.29, 1.82) is 0 Å². The summed E-state index contributed by atoms with van der Waals surface area (Å²) in [5.41, 5.74) is 5.32. The van der Waals surface area contributed by atoms with E-state index in [9.17, 15) is 9.59 Å². The van der Waals surface area contributed by atoms with Crippen LogP contribution in [0.15, 0.2) is 0 Å². The molecule has 2 aliphatic carbocycles. The molecule has 102 valence electrons. The molecule has 0 aromatic rings. The summed E-state index contributed by atoms with van der Waals surface area (Å²) in [6, 6.07) is -0.246. The molecule has 0 aliphatic heterocycles. The summed E-state index contributed by atoms with van der Waals surface area (Å²) in [4.78, 5) is 23.3. The molecule has 0 aromatic carbocycles. The number of carbonyl (C=O) groups is 2. The normalized spacial score (nSPS) is 30.9. The van der Waals surface area contributed by atoms with E-state index in [0.29, 0.717) is 19.3 Å². The van der Waals surface area contributed by atoms with Gasteiger partial charge in [-0.05, 0) is 25.7 Å². The molecule has 2 rings (SSSR count). The minimum atomic E-state index is -0.808. The molecule has 4 N–H and O–H groups in total. The van der Waals surface area contributed by atoms with Crippen molar-refractivity contribution in [3.63, 3.8) is 0 Å². The van der Waals surface area contributed by atoms with Crippen molar-refractivity contribution in [3.05, 3.63) is 0 Å². The molecule has 2 unspecified atom stereocenters. The van der Waals surface area contributed by atoms with Crippen molar-refractivity contribution in [2.24, 2.45) is 11.7 Å². The average molecular weight is 254 g/mol. The largest absolute Gasteiger partial charge is 0.481 e. The van der Waals surface area contributed by atoms with Gasteiger partial charge in [0.2, 0.25) is 5.91 Å². The third-order valence-electron chi connectivity index (χ3n) is 4.35. The van der Waals surface area contributed by atoms with Crippen LogP contribution < -0.4 is 11.1 Å². The Morgan fingerprint density at radius 3 is 2.33 bits per heavy atom. The highest BCUT2D eigenvalue weighted by molar-refractivity contribution is 5.87. The molecule has 5 nitrogen and oxygen atoms in total. The second-order valence-electron chi connectivity index (χ2n) is 5.67. The topological polar surface area (TPSA) is 92.4 Å². The van der Waals surface area contributed by atoms with Gasteiger partial charge in [0.15, 0.2) is 0 Å². The number of hydrogen-bond acceptors (Lipinski definition) is 3. The summed E-state index contributed by atoms with van der Waals surface area (Å²) in [5.74, 6) is -1.41. The predicted molar refractivity (Wildman–Crippen MR) is 66.9 cm³/mol. The zero-order valence-electron chi connectivity index (χ0n) is 10.7. The van der Waals surface area contributed by atoms with E-state index in [1.54, 1.807) is 0 Å². The Balaban J connectivity index is 1.98. The summed E-state index contributed by atoms with van der Waals surface area (Å²) in [7, 11) is 0. The maximum atomic E-state index is 12.2. The lowest BCUT2D eigenvalue weighted by atomic mass is 9.84. The highest BCUT2D eigenvalue weighted by Gasteiger charge is 2.40. The van der Waals surface area contributed by atoms with Crippen molar-refractivity contribution >= 4 is 11.9 Å². The van der Waals surface area contributed by atoms with Crippen LogP contribution in [0.4, 0.5) is 0 Å². The number of nitrogens with two attached hydrogens (primary N) is 1. The highest BCUT2D eigenvalue weighted by Crippen LogP contribution is 2.29. The van der Waals surface area contributed by atoms with E-state index in [0.717, 1.165) is 32.1 Å². The van der Waals surface area contributed by atoms with Gasteiger partial charge < -0.3 is 16.2 Å². The van der Waals surface area contributed by atoms with Gasteiger partial charge in [0, 0.05) is 6.04 Å². The number of carboxylic acids is 1. The number of amides is 1. The maximum Gasteiger partial charge on any atom is 0.308 e. The third kappa shape index (κ3) is 2.66. The van der Waals surface area contributed by atoms with E-state index in [1.807, 2.05) is 0 Å². The molecule has 2 saturated carbocycles. The summed E-state index contributed by atoms with van der Waals surface area (Å²) >= 11 is 0. The van der Waals surface area contributed by atoms with Crippen molar-refractivity contribution in [2.45, 2.75) is 62.9 Å². The number of aliphatic carboxylic acids is 1. The predicted octanol–water partition coefficient (Wildman–Crippen LogP) is 1.02. The van der Waals surface area contributed by atoms with Crippen molar-refractivity contribution in [3.8, 4) is 0 Å². The lowest BCUT2D eigenvalue weighted by Crippen LogP contribution is -2.56. The van der Waals surface area contributed by atoms with Crippen LogP contribution in [0.25, 0.3) is 0 Å². The number of hydrogen-bond donors (Lipinski definition) is 3. The first-order chi connectivity index (χ1) is 8.53. The lowest BCUT2D eigenvalue weighted by Gasteiger charge is -2.32. The molecule has 1 amide bonds. The van der Waals surface area contributed by atoms with Gasteiger partial charge in [0.1, 0.15) is 0 Å². The van der Waals surface area contributed by atoms with Gasteiger partial charge in [-0.1, -0.05) is 25.7 Å². The van der Waals surface area contributed by atoms with Crippen LogP contribution in [-0.4, -0.2) is 28.6 Å². The second kappa shape index (κ2) is 5.26. The van der Waals surface area contributed by atoms with E-state index in [1.165, 1.54) is 0 Å². The molecule has 0 heterocycles. The fourth-order valence-electron chi connectivity index (χ4n) is 3.14. The van der Waals surface area contributed by atoms with Gasteiger partial charge in [-0.15, -0.1) is 0 Å². The summed E-state index contributed by atoms with van der Waals surface area (Å²) in [5, 5.41) is 12.1. The van der Waals surface area contributed by atoms with E-state index < -0.39 is 17.4 Å². The van der Waals surface area contributed by atoms with Crippen molar-refractivity contribution in [1.82, 2.24) is 5.32 Å². The van der Waals surface area contributed by atoms with Gasteiger partial charge in [0.25, 0.3) is 0 Å². The zero-order valence-corrected chi connectivity index (χ0v) is 10.7. The summed E-state index contributed by atoms with van der Waals surface area (Å²) < 4.78 is 0. The smallest absolute Gasteiger partial charge is 0.308 e. The van der Waals surface area contributed by atoms with Gasteiger partial charge in [-0.25, -0.2) is 0 Å². The Morgan fingerprint density at radius 1 is 1.11 bits per heavy atom. The monoisotopic (exact) mass is 254 g/mol. The molecule has 2 fully saturated rings. The second-order valence-corrected chi connectivity index (χ2v) is 5.67. The van der Waals surface area contributed by atoms with Crippen molar-refractivity contribution < 1.29 is 14.7 Å². The zero-order chi connectivity index (χ0) is 13.2. The number of rotatable bonds is 3. The number of nitrogens with one attached hydrogen (secondary N) is 1. The van der Waals surface area contributed by atoms with E-state index >= 15 is 0 Å². The Kier molecular flexibility index (Phi) is 3.90. The Hall–Kier alpha value is -1.10. The van der Waals surface area contributed by atoms with E-state index in [-0.39, 0.29) is 11.9 Å². The molecule has 0 bridgehead atoms. The van der Waals surface area contributed by atoms with Gasteiger partial charge >= 0.3 is 5.97 Å². The lowest BCUT2D eigenvalue weighted by molar-refractivity contribution is -0.144. The molecule has 0 radical (unpaired) electrons. The number of carboxylic acid groups (broad SMARTS) is 1. The van der Waals surface area contributed by atoms with Crippen LogP contribution in [0, 0.1) is 5.92 Å². The number of carbonyl (C=O) groups excluding carboxylic acids is 1. The minimum Gasteiger partial charge on any atom is -0.481 e. The van der Waals surface area contributed by atoms with Crippen molar-refractivity contribution in [2.75, 3.05) is 0 Å². The molecule has 2 aliphatic rings. The third-order valence-corrected chi connectivity index (χ3v) is 4.35. The first-order valence-electron chi connectivity index (χ1n) is 6.85. The SMILES string of the molecule is NC1(C(=O)NC2CCCCC2C(=O)O)CCCC1. The molecule has 2 atom stereocenters. The Labute approximate surface area is 107 Å². The van der Waals surface area contributed by atoms with Crippen LogP contribution in [0.2, 0.25) is 0 Å². The standard InChI is InChI=1S/C13H22N2O3/c14-13(7-3-4-8-13)12(18)15-10-6-2-1-5-9(10)11(16)17/h9-10H,1-8,14H2,(H,15,18)(H,16,17). The molecule has 18 heavy (non-hydrogen) atoms. The fraction of sp³-hybridized carbons (Fsp3) is 0.846. The Morgan fingerprint density at radius 2 is 1.72 bits per heavy atom. The Bertz CT molecular complexity index is 337. The molecule has 5 heteroatoms. The average Bonchev–Trinajstić information content (AvgIpc) is 2.78. The maximum absolute atomic E-state index is 12.2. The van der Waals surface area contributed by atoms with E-state index in [4.69, 9.17) is 10.8 Å². The molecule has 0 spiro atoms. The summed E-state index contributed by atoms with van der Waals surface area (Å²) in [6.45, 7) is 0. The fourth-order valence-corrected chi connectivity index (χ4v) is 3.14. The van der Waals surface area contributed by atoms with Crippen LogP contribution in [0.5, 0.6) is 0 Å². The molecule has 0 saturated heterocycles. The molecule has 0 aromatic heterocycles. The van der Waals surface area contributed by atoms with Gasteiger partial charge in [-0.2, -0.15) is 0 Å². The highest BCUT2D eigenvalue weighted by atomic mass is 16.4. The molecular weight excluding hydrogens is 232 g/mol. The minimum absolute atomic E-state index is 0.154. The van der Waals surface area contributed by atoms with E-state index in [2.05, 4.69) is 5.32 Å². The van der Waals surface area contributed by atoms with Crippen LogP contribution in [0.3, 0.4) is 0 Å². The van der Waals surface area contributed by atoms with Gasteiger partial charge in [-0.3, -0.25) is 9.59 Å². The van der Waals surface area contributed by atoms with Crippen LogP contribution >= 0.6 is 0 Å². The molecular formula is C13H22N2O3. The summed E-state index contributed by atoms with van der Waals surface area (Å²) in [6.07, 6.45) is 6.69. The first-order valence-corrected chi connectivity index (χ1v) is 6.85. The van der Waals surface area contributed by atoms with Crippen LogP contribution in [0.1, 0.15) is 51.4 Å². The van der Waals surface area contributed by atoms with Crippen LogP contribution in [-0.2, 0) is 9.59 Å².